The van der Waals surface area contributed by atoms with E-state index in [9.17, 15) is 26.4 Å². The van der Waals surface area contributed by atoms with Crippen LogP contribution in [0.5, 0.6) is 5.75 Å². The third-order valence-electron chi connectivity index (χ3n) is 6.96. The van der Waals surface area contributed by atoms with Crippen molar-refractivity contribution in [1.82, 2.24) is 4.98 Å². The molecule has 3 heterocycles. The second-order valence-corrected chi connectivity index (χ2v) is 12.6. The van der Waals surface area contributed by atoms with E-state index in [0.29, 0.717) is 17.5 Å². The lowest BCUT2D eigenvalue weighted by atomic mass is 9.85. The summed E-state index contributed by atoms with van der Waals surface area (Å²) < 4.78 is 70.7. The van der Waals surface area contributed by atoms with Crippen LogP contribution < -0.4 is 15.8 Å². The number of nitrogens with one attached hydrogen (secondary N) is 1. The van der Waals surface area contributed by atoms with Crippen LogP contribution in [0.2, 0.25) is 0 Å². The molecular weight excluding hydrogens is 497 g/mol. The predicted molar refractivity (Wildman–Crippen MR) is 129 cm³/mol. The van der Waals surface area contributed by atoms with Crippen molar-refractivity contribution in [2.75, 3.05) is 5.32 Å². The number of benzene rings is 1. The van der Waals surface area contributed by atoms with Crippen LogP contribution in [0.15, 0.2) is 35.5 Å². The van der Waals surface area contributed by atoms with Crippen LogP contribution in [0.3, 0.4) is 0 Å². The zero-order valence-electron chi connectivity index (χ0n) is 20.4. The van der Waals surface area contributed by atoms with Gasteiger partial charge in [-0.2, -0.15) is 13.2 Å². The summed E-state index contributed by atoms with van der Waals surface area (Å²) >= 11 is 0. The minimum atomic E-state index is -4.58. The molecular formula is C24H27F3N4O4S. The predicted octanol–water partition coefficient (Wildman–Crippen LogP) is 3.98. The largest absolute Gasteiger partial charge is 0.490 e. The van der Waals surface area contributed by atoms with Crippen LogP contribution >= 0.6 is 0 Å². The van der Waals surface area contributed by atoms with Crippen LogP contribution in [-0.2, 0) is 21.6 Å². The lowest BCUT2D eigenvalue weighted by Gasteiger charge is -2.43. The van der Waals surface area contributed by atoms with Crippen LogP contribution in [-0.4, -0.2) is 41.2 Å². The maximum Gasteiger partial charge on any atom is 0.417 e. The lowest BCUT2D eigenvalue weighted by Crippen LogP contribution is -2.60. The monoisotopic (exact) mass is 524 g/mol. The van der Waals surface area contributed by atoms with Crippen molar-refractivity contribution in [3.8, 4) is 5.75 Å². The number of halogens is 3. The summed E-state index contributed by atoms with van der Waals surface area (Å²) in [6.07, 6.45) is -4.23. The van der Waals surface area contributed by atoms with E-state index in [-0.39, 0.29) is 29.2 Å². The molecule has 12 heteroatoms. The molecule has 0 unspecified atom stereocenters. The summed E-state index contributed by atoms with van der Waals surface area (Å²) in [5.41, 5.74) is 4.49. The number of pyridine rings is 1. The molecule has 194 valence electrons. The number of amides is 1. The summed E-state index contributed by atoms with van der Waals surface area (Å²) in [5.74, 6) is -0.340. The molecule has 3 atom stereocenters. The first-order valence-electron chi connectivity index (χ1n) is 11.2. The van der Waals surface area contributed by atoms with Gasteiger partial charge in [0, 0.05) is 23.9 Å². The van der Waals surface area contributed by atoms with Gasteiger partial charge >= 0.3 is 6.18 Å². The molecule has 4 rings (SSSR count). The number of ether oxygens (including phenoxy) is 1. The summed E-state index contributed by atoms with van der Waals surface area (Å²) in [4.78, 5) is 21.2. The van der Waals surface area contributed by atoms with Gasteiger partial charge in [-0.05, 0) is 64.4 Å². The zero-order chi connectivity index (χ0) is 26.8. The van der Waals surface area contributed by atoms with Crippen molar-refractivity contribution in [1.29, 1.82) is 0 Å². The van der Waals surface area contributed by atoms with Gasteiger partial charge < -0.3 is 15.8 Å². The number of hydrogen-bond donors (Lipinski definition) is 2. The molecule has 0 fully saturated rings. The molecule has 36 heavy (non-hydrogen) atoms. The van der Waals surface area contributed by atoms with Gasteiger partial charge in [-0.1, -0.05) is 0 Å². The van der Waals surface area contributed by atoms with Crippen molar-refractivity contribution in [3.63, 3.8) is 0 Å². The molecule has 2 aliphatic rings. The lowest BCUT2D eigenvalue weighted by molar-refractivity contribution is -0.137. The molecule has 0 saturated heterocycles. The Bertz CT molecular complexity index is 1390. The van der Waals surface area contributed by atoms with Crippen LogP contribution in [0.1, 0.15) is 61.3 Å². The molecule has 3 N–H and O–H groups in total. The molecule has 1 aromatic carbocycles. The first kappa shape index (κ1) is 25.9. The third-order valence-corrected chi connectivity index (χ3v) is 9.99. The minimum absolute atomic E-state index is 0.0271. The molecule has 8 nitrogen and oxygen atoms in total. The van der Waals surface area contributed by atoms with E-state index in [0.717, 1.165) is 6.07 Å². The summed E-state index contributed by atoms with van der Waals surface area (Å²) in [6.45, 7) is 7.85. The number of nitrogens with two attached hydrogens (primary N) is 1. The Balaban J connectivity index is 1.76. The first-order valence-corrected chi connectivity index (χ1v) is 12.8. The number of anilines is 1. The van der Waals surface area contributed by atoms with E-state index in [1.165, 1.54) is 20.8 Å². The molecule has 0 radical (unpaired) electrons. The van der Waals surface area contributed by atoms with Gasteiger partial charge in [0.1, 0.15) is 27.6 Å². The van der Waals surface area contributed by atoms with E-state index in [4.69, 9.17) is 10.5 Å². The van der Waals surface area contributed by atoms with Crippen LogP contribution in [0, 0.1) is 6.92 Å². The number of fused-ring (bicyclic) bond motifs is 3. The molecule has 0 aliphatic carbocycles. The van der Waals surface area contributed by atoms with Crippen molar-refractivity contribution in [2.45, 2.75) is 68.9 Å². The standard InChI is InChI=1S/C24H27F3N4O4S/c1-12-8-14(24(25,26)27)11-29-19(12)20(32)30-15-6-7-17-16(10-15)23(5)18(9-13(2)35-17)36(33,34)22(3,4)21(28)31-23/h6-8,10-11,13,18H,9H2,1-5H3,(H2,28,31)(H,30,32)/t13-,18+,23+/m0/s1. The summed E-state index contributed by atoms with van der Waals surface area (Å²) in [7, 11) is -3.79. The summed E-state index contributed by atoms with van der Waals surface area (Å²) in [6, 6.07) is 5.56. The maximum atomic E-state index is 13.6. The first-order chi connectivity index (χ1) is 16.5. The molecule has 0 saturated carbocycles. The van der Waals surface area contributed by atoms with Gasteiger partial charge in [0.2, 0.25) is 0 Å². The van der Waals surface area contributed by atoms with Crippen LogP contribution in [0.4, 0.5) is 18.9 Å². The Morgan fingerprint density at radius 3 is 2.50 bits per heavy atom. The maximum absolute atomic E-state index is 13.6. The highest BCUT2D eigenvalue weighted by Gasteiger charge is 2.58. The number of alkyl halides is 3. The number of rotatable bonds is 2. The molecule has 2 aromatic rings. The number of aliphatic imine (C=N–C) groups is 1. The van der Waals surface area contributed by atoms with Gasteiger partial charge in [-0.3, -0.25) is 14.8 Å². The topological polar surface area (TPSA) is 124 Å². The van der Waals surface area contributed by atoms with E-state index in [2.05, 4.69) is 15.3 Å². The number of nitrogens with zero attached hydrogens (tertiary/aromatic N) is 2. The SMILES string of the molecule is Cc1cc(C(F)(F)F)cnc1C(=O)Nc1ccc2c(c1)[C@@]1(C)N=C(N)C(C)(C)S(=O)(=O)[C@@H]1C[C@H](C)O2. The van der Waals surface area contributed by atoms with E-state index >= 15 is 0 Å². The second kappa shape index (κ2) is 8.19. The second-order valence-electron chi connectivity index (χ2n) is 9.91. The number of hydrogen-bond acceptors (Lipinski definition) is 7. The quantitative estimate of drug-likeness (QED) is 0.613. The fourth-order valence-electron chi connectivity index (χ4n) is 4.68. The van der Waals surface area contributed by atoms with E-state index in [1.807, 2.05) is 0 Å². The fourth-order valence-corrected chi connectivity index (χ4v) is 7.04. The molecule has 1 amide bonds. The number of aryl methyl sites for hydroxylation is 1. The summed E-state index contributed by atoms with van der Waals surface area (Å²) in [5, 5.41) is 1.70. The van der Waals surface area contributed by atoms with Gasteiger partial charge in [-0.25, -0.2) is 8.42 Å². The smallest absolute Gasteiger partial charge is 0.417 e. The van der Waals surface area contributed by atoms with E-state index in [1.54, 1.807) is 32.0 Å². The van der Waals surface area contributed by atoms with Gasteiger partial charge in [0.15, 0.2) is 9.84 Å². The van der Waals surface area contributed by atoms with Crippen molar-refractivity contribution >= 4 is 27.3 Å². The number of carbonyl (C=O) groups is 1. The van der Waals surface area contributed by atoms with Gasteiger partial charge in [0.05, 0.1) is 16.9 Å². The zero-order valence-corrected chi connectivity index (χ0v) is 21.2. The van der Waals surface area contributed by atoms with Crippen molar-refractivity contribution in [2.24, 2.45) is 10.7 Å². The number of carbonyl (C=O) groups excluding carboxylic acids is 1. The van der Waals surface area contributed by atoms with Crippen LogP contribution in [0.25, 0.3) is 0 Å². The average Bonchev–Trinajstić information content (AvgIpc) is 2.86. The normalized spacial score (nSPS) is 26.5. The van der Waals surface area contributed by atoms with Crippen molar-refractivity contribution in [3.05, 3.63) is 52.8 Å². The molecule has 0 spiro atoms. The minimum Gasteiger partial charge on any atom is -0.490 e. The van der Waals surface area contributed by atoms with Gasteiger partial charge in [0.25, 0.3) is 5.91 Å². The number of amidine groups is 1. The molecule has 2 aliphatic heterocycles. The Hall–Kier alpha value is -3.15. The Morgan fingerprint density at radius 2 is 1.89 bits per heavy atom. The third kappa shape index (κ3) is 4.00. The highest BCUT2D eigenvalue weighted by atomic mass is 32.2. The van der Waals surface area contributed by atoms with Crippen molar-refractivity contribution < 1.29 is 31.1 Å². The van der Waals surface area contributed by atoms with Gasteiger partial charge in [-0.15, -0.1) is 0 Å². The molecule has 0 bridgehead atoms. The van der Waals surface area contributed by atoms with E-state index < -0.39 is 49.1 Å². The molecule has 1 aromatic heterocycles. The fraction of sp³-hybridized carbons (Fsp3) is 0.458. The number of sulfone groups is 1. The highest BCUT2D eigenvalue weighted by Crippen LogP contribution is 2.49. The number of aromatic nitrogens is 1. The highest BCUT2D eigenvalue weighted by molar-refractivity contribution is 7.94. The Morgan fingerprint density at radius 1 is 1.22 bits per heavy atom. The Labute approximate surface area is 207 Å². The Kier molecular flexibility index (Phi) is 5.90. The average molecular weight is 525 g/mol.